The van der Waals surface area contributed by atoms with E-state index in [1.807, 2.05) is 29.2 Å². The summed E-state index contributed by atoms with van der Waals surface area (Å²) >= 11 is 6.16. The molecule has 0 unspecified atom stereocenters. The summed E-state index contributed by atoms with van der Waals surface area (Å²) in [6.07, 6.45) is -0.426. The van der Waals surface area contributed by atoms with E-state index >= 15 is 0 Å². The van der Waals surface area contributed by atoms with Crippen molar-refractivity contribution in [2.24, 2.45) is 0 Å². The number of piperazine rings is 1. The van der Waals surface area contributed by atoms with Crippen molar-refractivity contribution in [3.05, 3.63) is 58.1 Å². The summed E-state index contributed by atoms with van der Waals surface area (Å²) < 4.78 is 53.2. The number of halogens is 4. The number of urea groups is 1. The molecule has 0 spiro atoms. The second-order valence-electron chi connectivity index (χ2n) is 17.5. The van der Waals surface area contributed by atoms with Gasteiger partial charge in [0.25, 0.3) is 5.91 Å². The molecule has 15 nitrogen and oxygen atoms in total. The summed E-state index contributed by atoms with van der Waals surface area (Å²) in [5.41, 5.74) is 5.82. The Balaban J connectivity index is 0.895. The lowest BCUT2D eigenvalue weighted by Crippen LogP contribution is -2.56. The second-order valence-corrected chi connectivity index (χ2v) is 17.9. The molecule has 0 aliphatic carbocycles. The van der Waals surface area contributed by atoms with Gasteiger partial charge in [-0.2, -0.15) is 13.2 Å². The van der Waals surface area contributed by atoms with Crippen LogP contribution in [0.3, 0.4) is 0 Å². The number of nitrogens with two attached hydrogens (primary N) is 1. The van der Waals surface area contributed by atoms with E-state index in [2.05, 4.69) is 15.1 Å². The Morgan fingerprint density at radius 1 is 0.844 bits per heavy atom. The zero-order valence-electron chi connectivity index (χ0n) is 36.3. The van der Waals surface area contributed by atoms with Crippen LogP contribution in [0, 0.1) is 0 Å². The summed E-state index contributed by atoms with van der Waals surface area (Å²) in [6.45, 7) is 6.78. The highest BCUT2D eigenvalue weighted by molar-refractivity contribution is 6.33. The molecule has 5 heterocycles. The number of hydrogen-bond donors (Lipinski definition) is 2. The van der Waals surface area contributed by atoms with Crippen molar-refractivity contribution in [3.63, 3.8) is 0 Å². The minimum absolute atomic E-state index is 0.0498. The number of anilines is 2. The quantitative estimate of drug-likeness (QED) is 0.150. The number of fused-ring (bicyclic) bond motifs is 1. The van der Waals surface area contributed by atoms with Crippen LogP contribution in [0.2, 0.25) is 5.02 Å². The zero-order chi connectivity index (χ0) is 45.4. The van der Waals surface area contributed by atoms with Gasteiger partial charge in [-0.1, -0.05) is 29.8 Å². The van der Waals surface area contributed by atoms with Crippen LogP contribution in [0.25, 0.3) is 0 Å². The van der Waals surface area contributed by atoms with E-state index in [1.54, 1.807) is 9.80 Å². The Hall–Kier alpha value is -4.81. The maximum atomic E-state index is 14.2. The molecule has 4 saturated heterocycles. The average molecular weight is 917 g/mol. The number of esters is 1. The monoisotopic (exact) mass is 916 g/mol. The molecule has 1 atom stereocenters. The van der Waals surface area contributed by atoms with E-state index in [0.717, 1.165) is 62.6 Å². The average Bonchev–Trinajstić information content (AvgIpc) is 3.46. The first-order valence-corrected chi connectivity index (χ1v) is 23.1. The molecule has 0 bridgehead atoms. The lowest BCUT2D eigenvalue weighted by atomic mass is 10.0. The zero-order valence-corrected chi connectivity index (χ0v) is 37.1. The van der Waals surface area contributed by atoms with E-state index < -0.39 is 35.5 Å². The van der Waals surface area contributed by atoms with E-state index in [-0.39, 0.29) is 60.1 Å². The fourth-order valence-corrected chi connectivity index (χ4v) is 9.84. The Morgan fingerprint density at radius 2 is 1.56 bits per heavy atom. The fraction of sp³-hybridized carbons (Fsp3) is 0.622. The van der Waals surface area contributed by atoms with Crippen LogP contribution in [0.15, 0.2) is 36.4 Å². The fourth-order valence-electron chi connectivity index (χ4n) is 9.59. The smallest absolute Gasteiger partial charge is 0.418 e. The molecule has 0 aromatic heterocycles. The first-order valence-electron chi connectivity index (χ1n) is 22.7. The summed E-state index contributed by atoms with van der Waals surface area (Å²) in [5.74, 6) is -0.578. The van der Waals surface area contributed by atoms with Gasteiger partial charge in [0, 0.05) is 96.1 Å². The van der Waals surface area contributed by atoms with E-state index in [4.69, 9.17) is 26.8 Å². The first kappa shape index (κ1) is 47.2. The SMILES string of the molecule is Nc1c(Cl)cc(C[C@@H](OC(=O)N2CCC(N3CCc4ccccc4NC3=O)CC2)C(=O)N2CCN(C3CCN(CCC(=O)OCCCN4CCCCC4=O)CC3)CC2)cc1C(F)(F)F. The molecular weight excluding hydrogens is 857 g/mol. The largest absolute Gasteiger partial charge is 0.466 e. The predicted molar refractivity (Wildman–Crippen MR) is 234 cm³/mol. The second kappa shape index (κ2) is 21.5. The number of piperidine rings is 3. The van der Waals surface area contributed by atoms with Crippen LogP contribution < -0.4 is 11.1 Å². The number of para-hydroxylation sites is 1. The number of alkyl halides is 3. The number of ether oxygens (including phenoxy) is 2. The number of hydrogen-bond acceptors (Lipinski definition) is 10. The molecule has 7 rings (SSSR count). The van der Waals surface area contributed by atoms with Gasteiger partial charge in [-0.15, -0.1) is 0 Å². The summed E-state index contributed by atoms with van der Waals surface area (Å²) in [4.78, 5) is 76.8. The van der Waals surface area contributed by atoms with Crippen molar-refractivity contribution in [2.45, 2.75) is 95.0 Å². The van der Waals surface area contributed by atoms with Gasteiger partial charge in [-0.05, 0) is 93.8 Å². The molecule has 64 heavy (non-hydrogen) atoms. The van der Waals surface area contributed by atoms with Gasteiger partial charge in [-0.3, -0.25) is 19.3 Å². The van der Waals surface area contributed by atoms with Gasteiger partial charge in [0.2, 0.25) is 5.91 Å². The minimum atomic E-state index is -4.80. The molecular formula is C45H60ClF3N8O7. The first-order chi connectivity index (χ1) is 30.7. The highest BCUT2D eigenvalue weighted by atomic mass is 35.5. The van der Waals surface area contributed by atoms with Gasteiger partial charge in [0.15, 0.2) is 6.10 Å². The predicted octanol–water partition coefficient (Wildman–Crippen LogP) is 5.49. The van der Waals surface area contributed by atoms with Crippen LogP contribution in [0.5, 0.6) is 0 Å². The van der Waals surface area contributed by atoms with Gasteiger partial charge < -0.3 is 45.0 Å². The van der Waals surface area contributed by atoms with Crippen LogP contribution in [0.1, 0.15) is 74.5 Å². The number of nitrogens with one attached hydrogen (secondary N) is 1. The van der Waals surface area contributed by atoms with Gasteiger partial charge >= 0.3 is 24.3 Å². The summed E-state index contributed by atoms with van der Waals surface area (Å²) in [5, 5.41) is 2.67. The molecule has 5 aliphatic heterocycles. The minimum Gasteiger partial charge on any atom is -0.466 e. The third kappa shape index (κ3) is 12.1. The van der Waals surface area contributed by atoms with Crippen molar-refractivity contribution in [1.29, 1.82) is 0 Å². The Labute approximate surface area is 377 Å². The molecule has 5 amide bonds. The third-order valence-corrected chi connectivity index (χ3v) is 13.6. The molecule has 350 valence electrons. The molecule has 4 fully saturated rings. The molecule has 2 aromatic rings. The number of rotatable bonds is 13. The van der Waals surface area contributed by atoms with Crippen molar-refractivity contribution in [1.82, 2.24) is 29.4 Å². The number of carbonyl (C=O) groups excluding carboxylic acids is 5. The number of nitrogens with zero attached hydrogens (tertiary/aromatic N) is 6. The lowest BCUT2D eigenvalue weighted by molar-refractivity contribution is -0.145. The highest BCUT2D eigenvalue weighted by Crippen LogP contribution is 2.38. The number of benzene rings is 2. The number of likely N-dealkylation sites (tertiary alicyclic amines) is 3. The summed E-state index contributed by atoms with van der Waals surface area (Å²) in [6, 6.07) is 9.73. The Morgan fingerprint density at radius 3 is 2.28 bits per heavy atom. The number of nitrogen functional groups attached to an aromatic ring is 1. The number of carbonyl (C=O) groups is 5. The van der Waals surface area contributed by atoms with Crippen LogP contribution >= 0.6 is 11.6 Å². The van der Waals surface area contributed by atoms with E-state index in [9.17, 15) is 37.1 Å². The van der Waals surface area contributed by atoms with Crippen LogP contribution in [-0.4, -0.2) is 163 Å². The van der Waals surface area contributed by atoms with Crippen molar-refractivity contribution < 1.29 is 46.6 Å². The topological polar surface area (TPSA) is 161 Å². The molecule has 5 aliphatic rings. The third-order valence-electron chi connectivity index (χ3n) is 13.3. The standard InChI is InChI=1S/C45H60ClF3N8O7/c46-36-29-31(28-35(41(36)50)45(47,48)49)30-38(64-44(62)56-20-12-34(13-21-56)57-22-9-32-6-1-2-7-37(32)51-43(57)61)42(60)55-25-23-53(24-26-55)33-10-17-52(18-11-33)19-14-40(59)63-27-5-16-54-15-4-3-8-39(54)58/h1-2,6-7,28-29,33-34,38H,3-5,8-27,30,50H2,(H,51,61)/t38-/m1/s1. The van der Waals surface area contributed by atoms with Crippen molar-refractivity contribution in [2.75, 3.05) is 96.2 Å². The maximum Gasteiger partial charge on any atom is 0.418 e. The van der Waals surface area contributed by atoms with Crippen molar-refractivity contribution >= 4 is 52.9 Å². The van der Waals surface area contributed by atoms with Gasteiger partial charge in [0.05, 0.1) is 29.3 Å². The van der Waals surface area contributed by atoms with Crippen LogP contribution in [-0.2, 0) is 42.9 Å². The maximum absolute atomic E-state index is 14.2. The molecule has 19 heteroatoms. The Kier molecular flexibility index (Phi) is 15.8. The van der Waals surface area contributed by atoms with Crippen molar-refractivity contribution in [3.8, 4) is 0 Å². The molecule has 0 radical (unpaired) electrons. The highest BCUT2D eigenvalue weighted by Gasteiger charge is 2.38. The lowest BCUT2D eigenvalue weighted by Gasteiger charge is -2.43. The molecule has 0 saturated carbocycles. The van der Waals surface area contributed by atoms with Crippen LogP contribution in [0.4, 0.5) is 34.1 Å². The van der Waals surface area contributed by atoms with E-state index in [1.165, 1.54) is 11.0 Å². The molecule has 3 N–H and O–H groups in total. The number of amides is 5. The van der Waals surface area contributed by atoms with Gasteiger partial charge in [-0.25, -0.2) is 9.59 Å². The van der Waals surface area contributed by atoms with E-state index in [0.29, 0.717) is 90.9 Å². The normalized spacial score (nSPS) is 20.4. The summed E-state index contributed by atoms with van der Waals surface area (Å²) in [7, 11) is 0. The van der Waals surface area contributed by atoms with Gasteiger partial charge in [0.1, 0.15) is 0 Å². The molecule has 2 aromatic carbocycles. The Bertz CT molecular complexity index is 1990.